The van der Waals surface area contributed by atoms with Gasteiger partial charge in [0, 0.05) is 26.0 Å². The quantitative estimate of drug-likeness (QED) is 0.859. The molecule has 0 spiro atoms. The number of fused-ring (bicyclic) bond motifs is 2. The lowest BCUT2D eigenvalue weighted by molar-refractivity contribution is 0.400. The molecule has 0 unspecified atom stereocenters. The zero-order valence-electron chi connectivity index (χ0n) is 13.0. The maximum atomic E-state index is 4.33. The summed E-state index contributed by atoms with van der Waals surface area (Å²) in [7, 11) is 6.35. The lowest BCUT2D eigenvalue weighted by Crippen LogP contribution is -2.26. The first-order chi connectivity index (χ1) is 10.2. The minimum Gasteiger partial charge on any atom is -0.363 e. The van der Waals surface area contributed by atoms with E-state index < -0.39 is 0 Å². The van der Waals surface area contributed by atoms with Gasteiger partial charge in [0.2, 0.25) is 0 Å². The minimum absolute atomic E-state index is 0.920. The zero-order valence-corrected chi connectivity index (χ0v) is 13.0. The van der Waals surface area contributed by atoms with Gasteiger partial charge in [0.05, 0.1) is 29.8 Å². The van der Waals surface area contributed by atoms with Gasteiger partial charge in [-0.1, -0.05) is 0 Å². The van der Waals surface area contributed by atoms with Gasteiger partial charge >= 0.3 is 0 Å². The second-order valence-corrected chi connectivity index (χ2v) is 5.81. The molecule has 0 saturated carbocycles. The van der Waals surface area contributed by atoms with Crippen LogP contribution in [0.15, 0.2) is 36.8 Å². The third kappa shape index (κ3) is 2.74. The van der Waals surface area contributed by atoms with Gasteiger partial charge in [-0.25, -0.2) is 0 Å². The Morgan fingerprint density at radius 2 is 2.10 bits per heavy atom. The highest BCUT2D eigenvalue weighted by atomic mass is 15.5. The van der Waals surface area contributed by atoms with Crippen LogP contribution in [0.5, 0.6) is 0 Å². The predicted molar refractivity (Wildman–Crippen MR) is 86.7 cm³/mol. The Bertz CT molecular complexity index is 604. The molecule has 0 radical (unpaired) electrons. The van der Waals surface area contributed by atoms with Gasteiger partial charge in [0.1, 0.15) is 0 Å². The molecule has 3 rings (SSSR count). The summed E-state index contributed by atoms with van der Waals surface area (Å²) in [5.41, 5.74) is 3.71. The molecule has 0 saturated heterocycles. The van der Waals surface area contributed by atoms with Gasteiger partial charge in [-0.2, -0.15) is 0 Å². The Morgan fingerprint density at radius 1 is 1.24 bits per heavy atom. The van der Waals surface area contributed by atoms with Crippen molar-refractivity contribution in [3.05, 3.63) is 42.5 Å². The number of hydrogen-bond acceptors (Lipinski definition) is 4. The predicted octanol–water partition coefficient (Wildman–Crippen LogP) is 2.05. The van der Waals surface area contributed by atoms with Gasteiger partial charge < -0.3 is 9.80 Å². The van der Waals surface area contributed by atoms with Crippen LogP contribution >= 0.6 is 0 Å². The third-order valence-corrected chi connectivity index (χ3v) is 3.99. The van der Waals surface area contributed by atoms with E-state index in [1.54, 1.807) is 0 Å². The molecule has 0 amide bonds. The summed E-state index contributed by atoms with van der Waals surface area (Å²) in [6.45, 7) is 3.06. The Morgan fingerprint density at radius 3 is 2.90 bits per heavy atom. The summed E-state index contributed by atoms with van der Waals surface area (Å²) < 4.78 is 2.21. The van der Waals surface area contributed by atoms with Crippen molar-refractivity contribution in [2.24, 2.45) is 0 Å². The number of hydrogen-bond donors (Lipinski definition) is 0. The zero-order chi connectivity index (χ0) is 14.8. The van der Waals surface area contributed by atoms with Gasteiger partial charge in [-0.3, -0.25) is 14.7 Å². The van der Waals surface area contributed by atoms with Crippen LogP contribution in [0.25, 0.3) is 0 Å². The molecule has 21 heavy (non-hydrogen) atoms. The van der Waals surface area contributed by atoms with E-state index in [1.165, 1.54) is 17.1 Å². The summed E-state index contributed by atoms with van der Waals surface area (Å²) in [6, 6.07) is 6.38. The standard InChI is InChI=1S/C16H23N5/c1-18(2)9-5-10-20-13-14-6-4-11-21(14)19(3)15-7-8-17-12-16(15)20/h4,6-8,11-12H,5,9-10,13H2,1-3H3. The molecule has 5 heteroatoms. The van der Waals surface area contributed by atoms with Gasteiger partial charge in [-0.05, 0) is 45.3 Å². The van der Waals surface area contributed by atoms with Crippen molar-refractivity contribution in [2.75, 3.05) is 44.1 Å². The molecular weight excluding hydrogens is 262 g/mol. The fourth-order valence-electron chi connectivity index (χ4n) is 2.90. The van der Waals surface area contributed by atoms with E-state index in [0.717, 1.165) is 26.1 Å². The summed E-state index contributed by atoms with van der Waals surface area (Å²) in [5, 5.41) is 2.19. The second kappa shape index (κ2) is 5.77. The number of pyridine rings is 1. The number of aromatic nitrogens is 2. The minimum atomic E-state index is 0.920. The molecule has 0 atom stereocenters. The maximum Gasteiger partial charge on any atom is 0.0839 e. The smallest absolute Gasteiger partial charge is 0.0839 e. The first-order valence-corrected chi connectivity index (χ1v) is 7.41. The summed E-state index contributed by atoms with van der Waals surface area (Å²) in [5.74, 6) is 0. The number of rotatable bonds is 4. The van der Waals surface area contributed by atoms with Gasteiger partial charge in [-0.15, -0.1) is 0 Å². The molecule has 0 bridgehead atoms. The van der Waals surface area contributed by atoms with Crippen LogP contribution in [-0.4, -0.2) is 48.8 Å². The molecule has 3 heterocycles. The molecule has 0 aliphatic carbocycles. The van der Waals surface area contributed by atoms with Crippen LogP contribution in [0.2, 0.25) is 0 Å². The monoisotopic (exact) mass is 285 g/mol. The Labute approximate surface area is 126 Å². The molecule has 0 N–H and O–H groups in total. The van der Waals surface area contributed by atoms with E-state index in [2.05, 4.69) is 70.0 Å². The number of anilines is 2. The van der Waals surface area contributed by atoms with Crippen molar-refractivity contribution < 1.29 is 0 Å². The van der Waals surface area contributed by atoms with E-state index in [-0.39, 0.29) is 0 Å². The Hall–Kier alpha value is -2.01. The average molecular weight is 285 g/mol. The summed E-state index contributed by atoms with van der Waals surface area (Å²) in [4.78, 5) is 8.99. The molecule has 1 aliphatic rings. The highest BCUT2D eigenvalue weighted by Crippen LogP contribution is 2.32. The van der Waals surface area contributed by atoms with Crippen LogP contribution in [0, 0.1) is 0 Å². The maximum absolute atomic E-state index is 4.33. The topological polar surface area (TPSA) is 27.5 Å². The highest BCUT2D eigenvalue weighted by molar-refractivity contribution is 5.70. The van der Waals surface area contributed by atoms with Crippen LogP contribution < -0.4 is 9.91 Å². The highest BCUT2D eigenvalue weighted by Gasteiger charge is 2.21. The van der Waals surface area contributed by atoms with Crippen LogP contribution in [-0.2, 0) is 6.54 Å². The molecule has 0 fully saturated rings. The molecule has 1 aliphatic heterocycles. The normalized spacial score (nSPS) is 14.1. The van der Waals surface area contributed by atoms with Crippen molar-refractivity contribution >= 4 is 11.4 Å². The first kappa shape index (κ1) is 13.9. The fraction of sp³-hybridized carbons (Fsp3) is 0.438. The average Bonchev–Trinajstić information content (AvgIpc) is 2.89. The number of nitrogens with zero attached hydrogens (tertiary/aromatic N) is 5. The first-order valence-electron chi connectivity index (χ1n) is 7.41. The van der Waals surface area contributed by atoms with Crippen molar-refractivity contribution in [1.82, 2.24) is 14.6 Å². The largest absolute Gasteiger partial charge is 0.363 e. The van der Waals surface area contributed by atoms with Crippen molar-refractivity contribution in [3.8, 4) is 0 Å². The fourth-order valence-corrected chi connectivity index (χ4v) is 2.90. The summed E-state index contributed by atoms with van der Waals surface area (Å²) in [6.07, 6.45) is 7.10. The lowest BCUT2D eigenvalue weighted by atomic mass is 10.2. The Balaban J connectivity index is 1.91. The molecular formula is C16H23N5. The Kier molecular flexibility index (Phi) is 3.84. The molecule has 2 aromatic heterocycles. The van der Waals surface area contributed by atoms with Crippen molar-refractivity contribution in [3.63, 3.8) is 0 Å². The van der Waals surface area contributed by atoms with Gasteiger partial charge in [0.25, 0.3) is 0 Å². The van der Waals surface area contributed by atoms with E-state index in [4.69, 9.17) is 0 Å². The molecule has 2 aromatic rings. The second-order valence-electron chi connectivity index (χ2n) is 5.81. The molecule has 112 valence electrons. The van der Waals surface area contributed by atoms with Crippen LogP contribution in [0.1, 0.15) is 12.1 Å². The summed E-state index contributed by atoms with van der Waals surface area (Å²) >= 11 is 0. The van der Waals surface area contributed by atoms with E-state index in [9.17, 15) is 0 Å². The van der Waals surface area contributed by atoms with Crippen LogP contribution in [0.3, 0.4) is 0 Å². The van der Waals surface area contributed by atoms with Crippen molar-refractivity contribution in [2.45, 2.75) is 13.0 Å². The van der Waals surface area contributed by atoms with Crippen LogP contribution in [0.4, 0.5) is 11.4 Å². The van der Waals surface area contributed by atoms with E-state index in [1.807, 2.05) is 12.4 Å². The van der Waals surface area contributed by atoms with E-state index >= 15 is 0 Å². The van der Waals surface area contributed by atoms with Crippen molar-refractivity contribution in [1.29, 1.82) is 0 Å². The lowest BCUT2D eigenvalue weighted by Gasteiger charge is -2.25. The SMILES string of the molecule is CN(C)CCCN1Cc2cccn2N(C)c2ccncc21. The molecule has 5 nitrogen and oxygen atoms in total. The molecule has 0 aromatic carbocycles. The van der Waals surface area contributed by atoms with Gasteiger partial charge in [0.15, 0.2) is 0 Å². The third-order valence-electron chi connectivity index (χ3n) is 3.99. The van der Waals surface area contributed by atoms with E-state index in [0.29, 0.717) is 0 Å².